The molecule has 2 rings (SSSR count). The number of rotatable bonds is 4. The third-order valence-corrected chi connectivity index (χ3v) is 4.14. The van der Waals surface area contributed by atoms with Crippen molar-refractivity contribution in [1.82, 2.24) is 10.6 Å². The Morgan fingerprint density at radius 1 is 1.42 bits per heavy atom. The van der Waals surface area contributed by atoms with Crippen molar-refractivity contribution in [3.8, 4) is 0 Å². The maximum Gasteiger partial charge on any atom is 0.222 e. The van der Waals surface area contributed by atoms with Crippen LogP contribution in [-0.2, 0) is 10.3 Å². The second kappa shape index (κ2) is 6.06. The maximum atomic E-state index is 12.1. The van der Waals surface area contributed by atoms with Crippen molar-refractivity contribution in [2.75, 3.05) is 6.54 Å². The summed E-state index contributed by atoms with van der Waals surface area (Å²) in [5.74, 6) is 0.118. The number of nitrogens with one attached hydrogen (secondary N) is 2. The molecule has 3 nitrogen and oxygen atoms in total. The second-order valence-corrected chi connectivity index (χ2v) is 6.59. The molecule has 4 heteroatoms. The Balaban J connectivity index is 1.95. The third-order valence-electron chi connectivity index (χ3n) is 3.61. The van der Waals surface area contributed by atoms with Gasteiger partial charge in [-0.15, -0.1) is 0 Å². The summed E-state index contributed by atoms with van der Waals surface area (Å²) >= 11 is 3.43. The van der Waals surface area contributed by atoms with Crippen molar-refractivity contribution in [1.29, 1.82) is 0 Å². The molecule has 1 fully saturated rings. The minimum absolute atomic E-state index is 0.118. The van der Waals surface area contributed by atoms with Gasteiger partial charge in [0.25, 0.3) is 0 Å². The number of amides is 1. The van der Waals surface area contributed by atoms with Crippen molar-refractivity contribution in [3.63, 3.8) is 0 Å². The smallest absolute Gasteiger partial charge is 0.222 e. The lowest BCUT2D eigenvalue weighted by Gasteiger charge is -2.27. The van der Waals surface area contributed by atoms with E-state index in [1.807, 2.05) is 38.1 Å². The summed E-state index contributed by atoms with van der Waals surface area (Å²) in [6, 6.07) is 8.43. The fourth-order valence-electron chi connectivity index (χ4n) is 2.49. The van der Waals surface area contributed by atoms with Crippen molar-refractivity contribution in [3.05, 3.63) is 34.3 Å². The van der Waals surface area contributed by atoms with Crippen LogP contribution in [0, 0.1) is 0 Å². The molecule has 1 aromatic rings. The van der Waals surface area contributed by atoms with E-state index in [9.17, 15) is 4.79 Å². The van der Waals surface area contributed by atoms with E-state index in [-0.39, 0.29) is 11.4 Å². The molecule has 2 N–H and O–H groups in total. The maximum absolute atomic E-state index is 12.1. The molecule has 1 aliphatic heterocycles. The van der Waals surface area contributed by atoms with Gasteiger partial charge in [-0.1, -0.05) is 28.1 Å². The largest absolute Gasteiger partial charge is 0.347 e. The van der Waals surface area contributed by atoms with E-state index in [4.69, 9.17) is 0 Å². The molecule has 0 aromatic heterocycles. The molecule has 0 spiro atoms. The predicted molar refractivity (Wildman–Crippen MR) is 81.0 cm³/mol. The van der Waals surface area contributed by atoms with Crippen LogP contribution in [0.1, 0.15) is 38.7 Å². The number of carbonyl (C=O) groups is 1. The fraction of sp³-hybridized carbons (Fsp3) is 0.533. The van der Waals surface area contributed by atoms with Crippen LogP contribution in [0.3, 0.4) is 0 Å². The Morgan fingerprint density at radius 2 is 2.11 bits per heavy atom. The van der Waals surface area contributed by atoms with Gasteiger partial charge >= 0.3 is 0 Å². The lowest BCUT2D eigenvalue weighted by molar-refractivity contribution is -0.123. The predicted octanol–water partition coefficient (Wildman–Crippen LogP) is 2.94. The molecule has 19 heavy (non-hydrogen) atoms. The first-order chi connectivity index (χ1) is 8.97. The highest BCUT2D eigenvalue weighted by molar-refractivity contribution is 9.10. The van der Waals surface area contributed by atoms with Crippen LogP contribution in [-0.4, -0.2) is 18.5 Å². The Labute approximate surface area is 123 Å². The zero-order chi connectivity index (χ0) is 13.9. The minimum atomic E-state index is -0.337. The summed E-state index contributed by atoms with van der Waals surface area (Å²) < 4.78 is 1.05. The van der Waals surface area contributed by atoms with Crippen LogP contribution >= 0.6 is 15.9 Å². The van der Waals surface area contributed by atoms with Gasteiger partial charge in [-0.2, -0.15) is 0 Å². The normalized spacial score (nSPS) is 19.4. The van der Waals surface area contributed by atoms with Crippen LogP contribution in [0.15, 0.2) is 28.7 Å². The summed E-state index contributed by atoms with van der Waals surface area (Å²) in [5, 5.41) is 6.48. The summed E-state index contributed by atoms with van der Waals surface area (Å²) in [7, 11) is 0. The van der Waals surface area contributed by atoms with Gasteiger partial charge in [-0.05, 0) is 50.9 Å². The molecule has 0 radical (unpaired) electrons. The van der Waals surface area contributed by atoms with E-state index in [2.05, 4.69) is 26.6 Å². The Morgan fingerprint density at radius 3 is 2.68 bits per heavy atom. The highest BCUT2D eigenvalue weighted by atomic mass is 79.9. The highest BCUT2D eigenvalue weighted by Crippen LogP contribution is 2.22. The van der Waals surface area contributed by atoms with Crippen LogP contribution in [0.4, 0.5) is 0 Å². The van der Waals surface area contributed by atoms with Crippen LogP contribution in [0.2, 0.25) is 0 Å². The first kappa shape index (κ1) is 14.5. The van der Waals surface area contributed by atoms with Gasteiger partial charge in [0.2, 0.25) is 5.91 Å². The van der Waals surface area contributed by atoms with Crippen molar-refractivity contribution in [2.24, 2.45) is 0 Å². The van der Waals surface area contributed by atoms with Crippen molar-refractivity contribution < 1.29 is 4.79 Å². The first-order valence-corrected chi connectivity index (χ1v) is 7.57. The zero-order valence-corrected chi connectivity index (χ0v) is 13.1. The standard InChI is InChI=1S/C15H21BrN2O/c1-15(2,11-5-7-12(16)8-6-11)18-14(19)10-13-4-3-9-17-13/h5-8,13,17H,3-4,9-10H2,1-2H3,(H,18,19). The van der Waals surface area contributed by atoms with Gasteiger partial charge in [-0.3, -0.25) is 4.79 Å². The molecule has 0 aliphatic carbocycles. The van der Waals surface area contributed by atoms with Gasteiger partial charge < -0.3 is 10.6 Å². The molecular weight excluding hydrogens is 304 g/mol. The topological polar surface area (TPSA) is 41.1 Å². The molecule has 1 heterocycles. The van der Waals surface area contributed by atoms with Crippen molar-refractivity contribution in [2.45, 2.75) is 44.7 Å². The molecule has 1 atom stereocenters. The van der Waals surface area contributed by atoms with E-state index >= 15 is 0 Å². The molecule has 104 valence electrons. The van der Waals surface area contributed by atoms with Crippen LogP contribution < -0.4 is 10.6 Å². The molecule has 1 amide bonds. The quantitative estimate of drug-likeness (QED) is 0.894. The summed E-state index contributed by atoms with van der Waals surface area (Å²) in [4.78, 5) is 12.1. The third kappa shape index (κ3) is 4.05. The first-order valence-electron chi connectivity index (χ1n) is 6.78. The summed E-state index contributed by atoms with van der Waals surface area (Å²) in [6.45, 7) is 5.11. The molecule has 1 unspecified atom stereocenters. The summed E-state index contributed by atoms with van der Waals surface area (Å²) in [5.41, 5.74) is 0.777. The Kier molecular flexibility index (Phi) is 4.63. The monoisotopic (exact) mass is 324 g/mol. The van der Waals surface area contributed by atoms with Crippen molar-refractivity contribution >= 4 is 21.8 Å². The number of carbonyl (C=O) groups excluding carboxylic acids is 1. The van der Waals surface area contributed by atoms with Crippen LogP contribution in [0.25, 0.3) is 0 Å². The van der Waals surface area contributed by atoms with Crippen LogP contribution in [0.5, 0.6) is 0 Å². The molecule has 0 saturated carbocycles. The molecular formula is C15H21BrN2O. The molecule has 1 aromatic carbocycles. The fourth-order valence-corrected chi connectivity index (χ4v) is 2.76. The van der Waals surface area contributed by atoms with Gasteiger partial charge in [0.1, 0.15) is 0 Å². The number of hydrogen-bond donors (Lipinski definition) is 2. The lowest BCUT2D eigenvalue weighted by Crippen LogP contribution is -2.43. The van der Waals surface area contributed by atoms with Gasteiger partial charge in [-0.25, -0.2) is 0 Å². The second-order valence-electron chi connectivity index (χ2n) is 5.68. The Bertz CT molecular complexity index is 436. The van der Waals surface area contributed by atoms with Gasteiger partial charge in [0.15, 0.2) is 0 Å². The number of halogens is 1. The average molecular weight is 325 g/mol. The van der Waals surface area contributed by atoms with E-state index < -0.39 is 0 Å². The van der Waals surface area contributed by atoms with E-state index in [1.54, 1.807) is 0 Å². The Hall–Kier alpha value is -0.870. The van der Waals surface area contributed by atoms with Gasteiger partial charge in [0.05, 0.1) is 5.54 Å². The van der Waals surface area contributed by atoms with E-state index in [0.29, 0.717) is 12.5 Å². The number of benzene rings is 1. The minimum Gasteiger partial charge on any atom is -0.347 e. The highest BCUT2D eigenvalue weighted by Gasteiger charge is 2.25. The van der Waals surface area contributed by atoms with E-state index in [1.165, 1.54) is 6.42 Å². The average Bonchev–Trinajstić information content (AvgIpc) is 2.81. The zero-order valence-electron chi connectivity index (χ0n) is 11.5. The molecule has 1 saturated heterocycles. The molecule has 0 bridgehead atoms. The SMILES string of the molecule is CC(C)(NC(=O)CC1CCCN1)c1ccc(Br)cc1. The summed E-state index contributed by atoms with van der Waals surface area (Å²) in [6.07, 6.45) is 2.85. The number of hydrogen-bond acceptors (Lipinski definition) is 2. The lowest BCUT2D eigenvalue weighted by atomic mass is 9.94. The van der Waals surface area contributed by atoms with E-state index in [0.717, 1.165) is 23.0 Å². The molecule has 1 aliphatic rings. The van der Waals surface area contributed by atoms with Gasteiger partial charge in [0, 0.05) is 16.9 Å².